The van der Waals surface area contributed by atoms with E-state index in [1.807, 2.05) is 31.2 Å². The zero-order valence-corrected chi connectivity index (χ0v) is 13.5. The molecule has 0 aromatic heterocycles. The molecule has 1 unspecified atom stereocenters. The molecule has 0 spiro atoms. The Balaban J connectivity index is 2.01. The van der Waals surface area contributed by atoms with Crippen molar-refractivity contribution in [3.8, 4) is 0 Å². The summed E-state index contributed by atoms with van der Waals surface area (Å²) in [4.78, 5) is 12.1. The van der Waals surface area contributed by atoms with Crippen molar-refractivity contribution in [1.82, 2.24) is 5.32 Å². The predicted octanol–water partition coefficient (Wildman–Crippen LogP) is 4.46. The number of nitrogens with one attached hydrogen (secondary N) is 1. The minimum absolute atomic E-state index is 0.0666. The highest BCUT2D eigenvalue weighted by Crippen LogP contribution is 2.20. The SMILES string of the molecule is CCc1ccc(C(C)NC(=O)Cc2c(F)cccc2Cl)cc1. The van der Waals surface area contributed by atoms with E-state index in [0.717, 1.165) is 12.0 Å². The molecule has 0 aliphatic heterocycles. The quantitative estimate of drug-likeness (QED) is 0.866. The molecular weight excluding hydrogens is 301 g/mol. The maximum absolute atomic E-state index is 13.7. The molecule has 0 aliphatic rings. The van der Waals surface area contributed by atoms with Crippen LogP contribution in [-0.4, -0.2) is 5.91 Å². The van der Waals surface area contributed by atoms with Gasteiger partial charge in [-0.2, -0.15) is 0 Å². The minimum atomic E-state index is -0.456. The molecule has 0 bridgehead atoms. The van der Waals surface area contributed by atoms with Crippen LogP contribution in [0.25, 0.3) is 0 Å². The van der Waals surface area contributed by atoms with Crippen LogP contribution in [0.15, 0.2) is 42.5 Å². The second kappa shape index (κ2) is 7.41. The van der Waals surface area contributed by atoms with E-state index in [4.69, 9.17) is 11.6 Å². The Morgan fingerprint density at radius 3 is 2.50 bits per heavy atom. The standard InChI is InChI=1S/C18H19ClFNO/c1-3-13-7-9-14(10-8-13)12(2)21-18(22)11-15-16(19)5-4-6-17(15)20/h4-10,12H,3,11H2,1-2H3,(H,21,22). The lowest BCUT2D eigenvalue weighted by Crippen LogP contribution is -2.28. The van der Waals surface area contributed by atoms with Gasteiger partial charge in [-0.25, -0.2) is 4.39 Å². The summed E-state index contributed by atoms with van der Waals surface area (Å²) in [5, 5.41) is 3.15. The van der Waals surface area contributed by atoms with Gasteiger partial charge < -0.3 is 5.32 Å². The molecule has 2 nitrogen and oxygen atoms in total. The summed E-state index contributed by atoms with van der Waals surface area (Å²) >= 11 is 5.94. The average molecular weight is 320 g/mol. The van der Waals surface area contributed by atoms with E-state index in [1.54, 1.807) is 6.07 Å². The molecule has 0 saturated heterocycles. The van der Waals surface area contributed by atoms with E-state index in [-0.39, 0.29) is 29.0 Å². The minimum Gasteiger partial charge on any atom is -0.349 e. The Morgan fingerprint density at radius 1 is 1.23 bits per heavy atom. The molecule has 1 atom stereocenters. The van der Waals surface area contributed by atoms with Crippen molar-refractivity contribution in [2.24, 2.45) is 0 Å². The first-order chi connectivity index (χ1) is 10.5. The van der Waals surface area contributed by atoms with Crippen molar-refractivity contribution in [1.29, 1.82) is 0 Å². The van der Waals surface area contributed by atoms with Crippen LogP contribution in [0, 0.1) is 5.82 Å². The maximum Gasteiger partial charge on any atom is 0.225 e. The molecule has 0 radical (unpaired) electrons. The highest BCUT2D eigenvalue weighted by molar-refractivity contribution is 6.31. The van der Waals surface area contributed by atoms with Crippen LogP contribution in [0.1, 0.15) is 36.6 Å². The molecule has 4 heteroatoms. The average Bonchev–Trinajstić information content (AvgIpc) is 2.51. The van der Waals surface area contributed by atoms with Gasteiger partial charge in [0.25, 0.3) is 0 Å². The van der Waals surface area contributed by atoms with Crippen LogP contribution in [0.2, 0.25) is 5.02 Å². The molecule has 2 aromatic carbocycles. The number of halogens is 2. The lowest BCUT2D eigenvalue weighted by Gasteiger charge is -2.15. The molecule has 0 saturated carbocycles. The number of amides is 1. The van der Waals surface area contributed by atoms with Crippen molar-refractivity contribution >= 4 is 17.5 Å². The molecule has 1 amide bonds. The molecule has 1 N–H and O–H groups in total. The lowest BCUT2D eigenvalue weighted by molar-refractivity contribution is -0.121. The number of benzene rings is 2. The third-order valence-electron chi connectivity index (χ3n) is 3.66. The predicted molar refractivity (Wildman–Crippen MR) is 87.5 cm³/mol. The van der Waals surface area contributed by atoms with E-state index < -0.39 is 5.82 Å². The summed E-state index contributed by atoms with van der Waals surface area (Å²) in [7, 11) is 0. The fraction of sp³-hybridized carbons (Fsp3) is 0.278. The van der Waals surface area contributed by atoms with Gasteiger partial charge in [-0.1, -0.05) is 48.9 Å². The Labute approximate surface area is 135 Å². The zero-order chi connectivity index (χ0) is 16.1. The first-order valence-electron chi connectivity index (χ1n) is 7.32. The summed E-state index contributed by atoms with van der Waals surface area (Å²) in [5.41, 5.74) is 2.50. The monoisotopic (exact) mass is 319 g/mol. The van der Waals surface area contributed by atoms with Crippen molar-refractivity contribution in [2.45, 2.75) is 32.7 Å². The Hall–Kier alpha value is -1.87. The second-order valence-electron chi connectivity index (χ2n) is 5.26. The van der Waals surface area contributed by atoms with E-state index in [9.17, 15) is 9.18 Å². The third-order valence-corrected chi connectivity index (χ3v) is 4.02. The summed E-state index contributed by atoms with van der Waals surface area (Å²) in [6, 6.07) is 12.4. The van der Waals surface area contributed by atoms with Gasteiger partial charge in [0.15, 0.2) is 0 Å². The lowest BCUT2D eigenvalue weighted by atomic mass is 10.0. The van der Waals surface area contributed by atoms with Gasteiger partial charge in [-0.15, -0.1) is 0 Å². The zero-order valence-electron chi connectivity index (χ0n) is 12.7. The highest BCUT2D eigenvalue weighted by atomic mass is 35.5. The van der Waals surface area contributed by atoms with Crippen LogP contribution >= 0.6 is 11.6 Å². The number of rotatable bonds is 5. The van der Waals surface area contributed by atoms with E-state index >= 15 is 0 Å². The molecule has 2 aromatic rings. The number of hydrogen-bond donors (Lipinski definition) is 1. The summed E-state index contributed by atoms with van der Waals surface area (Å²) < 4.78 is 13.7. The number of carbonyl (C=O) groups excluding carboxylic acids is 1. The maximum atomic E-state index is 13.7. The molecule has 2 rings (SSSR count). The van der Waals surface area contributed by atoms with Gasteiger partial charge in [0.1, 0.15) is 5.82 Å². The molecule has 22 heavy (non-hydrogen) atoms. The number of hydrogen-bond acceptors (Lipinski definition) is 1. The molecular formula is C18H19ClFNO. The summed E-state index contributed by atoms with van der Waals surface area (Å²) in [6.07, 6.45) is 0.912. The van der Waals surface area contributed by atoms with Crippen LogP contribution in [-0.2, 0) is 17.6 Å². The molecule has 0 aliphatic carbocycles. The van der Waals surface area contributed by atoms with Crippen molar-refractivity contribution in [2.75, 3.05) is 0 Å². The van der Waals surface area contributed by atoms with Crippen molar-refractivity contribution < 1.29 is 9.18 Å². The number of aryl methyl sites for hydroxylation is 1. The fourth-order valence-corrected chi connectivity index (χ4v) is 2.51. The van der Waals surface area contributed by atoms with E-state index in [0.29, 0.717) is 0 Å². The topological polar surface area (TPSA) is 29.1 Å². The van der Waals surface area contributed by atoms with Gasteiger partial charge in [-0.3, -0.25) is 4.79 Å². The fourth-order valence-electron chi connectivity index (χ4n) is 2.28. The summed E-state index contributed by atoms with van der Waals surface area (Å²) in [5.74, 6) is -0.707. The van der Waals surface area contributed by atoms with Gasteiger partial charge in [0.2, 0.25) is 5.91 Å². The van der Waals surface area contributed by atoms with Crippen molar-refractivity contribution in [3.05, 3.63) is 70.0 Å². The van der Waals surface area contributed by atoms with Gasteiger partial charge in [0, 0.05) is 10.6 Å². The molecule has 0 fully saturated rings. The second-order valence-corrected chi connectivity index (χ2v) is 5.67. The molecule has 116 valence electrons. The van der Waals surface area contributed by atoms with Gasteiger partial charge in [-0.05, 0) is 36.6 Å². The van der Waals surface area contributed by atoms with Crippen LogP contribution in [0.3, 0.4) is 0 Å². The highest BCUT2D eigenvalue weighted by Gasteiger charge is 2.14. The van der Waals surface area contributed by atoms with E-state index in [1.165, 1.54) is 17.7 Å². The van der Waals surface area contributed by atoms with Gasteiger partial charge >= 0.3 is 0 Å². The molecule has 0 heterocycles. The largest absolute Gasteiger partial charge is 0.349 e. The van der Waals surface area contributed by atoms with Crippen LogP contribution in [0.4, 0.5) is 4.39 Å². The van der Waals surface area contributed by atoms with Gasteiger partial charge in [0.05, 0.1) is 12.5 Å². The number of carbonyl (C=O) groups is 1. The summed E-state index contributed by atoms with van der Waals surface area (Å²) in [6.45, 7) is 4.00. The normalized spacial score (nSPS) is 12.0. The Kier molecular flexibility index (Phi) is 5.56. The Bertz CT molecular complexity index is 634. The first kappa shape index (κ1) is 16.5. The third kappa shape index (κ3) is 4.08. The van der Waals surface area contributed by atoms with Crippen molar-refractivity contribution in [3.63, 3.8) is 0 Å². The smallest absolute Gasteiger partial charge is 0.225 e. The van der Waals surface area contributed by atoms with Crippen LogP contribution < -0.4 is 5.32 Å². The van der Waals surface area contributed by atoms with E-state index in [2.05, 4.69) is 12.2 Å². The first-order valence-corrected chi connectivity index (χ1v) is 7.70. The Morgan fingerprint density at radius 2 is 1.91 bits per heavy atom. The van der Waals surface area contributed by atoms with Crippen LogP contribution in [0.5, 0.6) is 0 Å².